The Morgan fingerprint density at radius 3 is 2.61 bits per heavy atom. The van der Waals surface area contributed by atoms with Gasteiger partial charge in [0.05, 0.1) is 12.1 Å². The molecule has 3 N–H and O–H groups in total. The number of nitrogens with two attached hydrogens (primary N) is 1. The molecular formula is C14H21BrN2O. The van der Waals surface area contributed by atoms with Crippen LogP contribution in [0.15, 0.2) is 28.7 Å². The predicted molar refractivity (Wildman–Crippen MR) is 78.1 cm³/mol. The molecule has 1 aromatic carbocycles. The van der Waals surface area contributed by atoms with Crippen LogP contribution in [0.3, 0.4) is 0 Å². The molecule has 1 aromatic rings. The number of carbonyl (C=O) groups is 1. The molecule has 0 saturated carbocycles. The van der Waals surface area contributed by atoms with Crippen LogP contribution < -0.4 is 11.1 Å². The number of carbonyl (C=O) groups excluding carboxylic acids is 1. The van der Waals surface area contributed by atoms with Crippen molar-refractivity contribution >= 4 is 21.8 Å². The molecule has 0 aliphatic heterocycles. The van der Waals surface area contributed by atoms with E-state index in [1.807, 2.05) is 31.2 Å². The number of halogens is 1. The normalized spacial score (nSPS) is 14.3. The van der Waals surface area contributed by atoms with Crippen molar-refractivity contribution in [3.63, 3.8) is 0 Å². The van der Waals surface area contributed by atoms with Crippen LogP contribution >= 0.6 is 15.9 Å². The highest BCUT2D eigenvalue weighted by atomic mass is 79.9. The highest BCUT2D eigenvalue weighted by Crippen LogP contribution is 2.18. The Kier molecular flexibility index (Phi) is 5.82. The highest BCUT2D eigenvalue weighted by Gasteiger charge is 2.17. The fourth-order valence-electron chi connectivity index (χ4n) is 1.79. The second-order valence-electron chi connectivity index (χ2n) is 5.02. The van der Waals surface area contributed by atoms with Gasteiger partial charge in [-0.05, 0) is 37.0 Å². The van der Waals surface area contributed by atoms with Crippen LogP contribution in [0.1, 0.15) is 38.8 Å². The summed E-state index contributed by atoms with van der Waals surface area (Å²) in [6.07, 6.45) is 0.705. The van der Waals surface area contributed by atoms with E-state index < -0.39 is 6.04 Å². The van der Waals surface area contributed by atoms with Gasteiger partial charge in [0.1, 0.15) is 0 Å². The Hall–Kier alpha value is -0.870. The van der Waals surface area contributed by atoms with Crippen LogP contribution in [0.25, 0.3) is 0 Å². The molecule has 0 saturated heterocycles. The molecule has 1 rings (SSSR count). The van der Waals surface area contributed by atoms with Crippen LogP contribution in [-0.4, -0.2) is 11.9 Å². The molecule has 1 amide bonds. The van der Waals surface area contributed by atoms with Crippen LogP contribution in [-0.2, 0) is 4.79 Å². The Morgan fingerprint density at radius 1 is 1.39 bits per heavy atom. The van der Waals surface area contributed by atoms with Crippen LogP contribution in [0, 0.1) is 5.92 Å². The van der Waals surface area contributed by atoms with E-state index in [9.17, 15) is 4.79 Å². The van der Waals surface area contributed by atoms with Crippen LogP contribution in [0.2, 0.25) is 0 Å². The zero-order valence-corrected chi connectivity index (χ0v) is 12.7. The van der Waals surface area contributed by atoms with Crippen molar-refractivity contribution in [1.29, 1.82) is 0 Å². The van der Waals surface area contributed by atoms with E-state index in [1.54, 1.807) is 0 Å². The van der Waals surface area contributed by atoms with E-state index in [0.29, 0.717) is 12.3 Å². The minimum atomic E-state index is -0.431. The van der Waals surface area contributed by atoms with Gasteiger partial charge in [0.2, 0.25) is 5.91 Å². The average Bonchev–Trinajstić information content (AvgIpc) is 2.27. The summed E-state index contributed by atoms with van der Waals surface area (Å²) in [4.78, 5) is 11.9. The van der Waals surface area contributed by atoms with Crippen molar-refractivity contribution in [3.05, 3.63) is 34.3 Å². The van der Waals surface area contributed by atoms with Crippen molar-refractivity contribution in [1.82, 2.24) is 5.32 Å². The molecule has 18 heavy (non-hydrogen) atoms. The largest absolute Gasteiger partial charge is 0.348 e. The first-order valence-electron chi connectivity index (χ1n) is 6.21. The van der Waals surface area contributed by atoms with Gasteiger partial charge in [-0.25, -0.2) is 0 Å². The van der Waals surface area contributed by atoms with Gasteiger partial charge in [-0.15, -0.1) is 0 Å². The molecule has 0 heterocycles. The molecule has 0 fully saturated rings. The van der Waals surface area contributed by atoms with Crippen molar-refractivity contribution in [2.75, 3.05) is 0 Å². The summed E-state index contributed by atoms with van der Waals surface area (Å²) >= 11 is 3.42. The van der Waals surface area contributed by atoms with Gasteiger partial charge in [0.15, 0.2) is 0 Å². The Bertz CT molecular complexity index is 407. The maximum Gasteiger partial charge on any atom is 0.237 e. The van der Waals surface area contributed by atoms with E-state index in [-0.39, 0.29) is 11.9 Å². The summed E-state index contributed by atoms with van der Waals surface area (Å²) < 4.78 is 1.01. The standard InChI is InChI=1S/C14H21BrN2O/c1-9(2)7-13(16)14(18)17-10(3)11-5-4-6-12(15)8-11/h4-6,8-10,13H,7,16H2,1-3H3,(H,17,18)/t10-,13-/m1/s1. The van der Waals surface area contributed by atoms with Crippen molar-refractivity contribution in [2.24, 2.45) is 11.7 Å². The Morgan fingerprint density at radius 2 is 2.06 bits per heavy atom. The lowest BCUT2D eigenvalue weighted by atomic mass is 10.0. The van der Waals surface area contributed by atoms with Crippen LogP contribution in [0.4, 0.5) is 0 Å². The smallest absolute Gasteiger partial charge is 0.237 e. The SMILES string of the molecule is CC(C)C[C@@H](N)C(=O)N[C@H](C)c1cccc(Br)c1. The summed E-state index contributed by atoms with van der Waals surface area (Å²) in [5.74, 6) is 0.336. The zero-order valence-electron chi connectivity index (χ0n) is 11.1. The van der Waals surface area contributed by atoms with E-state index >= 15 is 0 Å². The first-order chi connectivity index (χ1) is 8.40. The van der Waals surface area contributed by atoms with Crippen molar-refractivity contribution in [2.45, 2.75) is 39.3 Å². The van der Waals surface area contributed by atoms with Gasteiger partial charge in [-0.2, -0.15) is 0 Å². The molecule has 0 bridgehead atoms. The van der Waals surface area contributed by atoms with Gasteiger partial charge >= 0.3 is 0 Å². The third-order valence-corrected chi connectivity index (χ3v) is 3.26. The Labute approximate surface area is 117 Å². The molecular weight excluding hydrogens is 292 g/mol. The summed E-state index contributed by atoms with van der Waals surface area (Å²) in [5.41, 5.74) is 6.92. The lowest BCUT2D eigenvalue weighted by Gasteiger charge is -2.19. The molecule has 0 unspecified atom stereocenters. The average molecular weight is 313 g/mol. The zero-order chi connectivity index (χ0) is 13.7. The Balaban J connectivity index is 2.59. The minimum Gasteiger partial charge on any atom is -0.348 e. The summed E-state index contributed by atoms with van der Waals surface area (Å²) in [7, 11) is 0. The van der Waals surface area contributed by atoms with Crippen LogP contribution in [0.5, 0.6) is 0 Å². The maximum atomic E-state index is 11.9. The number of benzene rings is 1. The lowest BCUT2D eigenvalue weighted by Crippen LogP contribution is -2.42. The highest BCUT2D eigenvalue weighted by molar-refractivity contribution is 9.10. The number of amides is 1. The number of nitrogens with one attached hydrogen (secondary N) is 1. The quantitative estimate of drug-likeness (QED) is 0.878. The van der Waals surface area contributed by atoms with Gasteiger partial charge < -0.3 is 11.1 Å². The summed E-state index contributed by atoms with van der Waals surface area (Å²) in [5, 5.41) is 2.94. The van der Waals surface area contributed by atoms with Gasteiger partial charge in [-0.1, -0.05) is 41.9 Å². The van der Waals surface area contributed by atoms with E-state index in [2.05, 4.69) is 35.1 Å². The summed E-state index contributed by atoms with van der Waals surface area (Å²) in [6.45, 7) is 6.08. The third kappa shape index (κ3) is 4.78. The first kappa shape index (κ1) is 15.2. The van der Waals surface area contributed by atoms with E-state index in [0.717, 1.165) is 10.0 Å². The van der Waals surface area contributed by atoms with E-state index in [1.165, 1.54) is 0 Å². The molecule has 0 radical (unpaired) electrons. The molecule has 0 aliphatic rings. The fourth-order valence-corrected chi connectivity index (χ4v) is 2.21. The third-order valence-electron chi connectivity index (χ3n) is 2.77. The molecule has 2 atom stereocenters. The summed E-state index contributed by atoms with van der Waals surface area (Å²) in [6, 6.07) is 7.44. The van der Waals surface area contributed by atoms with Gasteiger partial charge in [0.25, 0.3) is 0 Å². The van der Waals surface area contributed by atoms with Crippen molar-refractivity contribution in [3.8, 4) is 0 Å². The van der Waals surface area contributed by atoms with E-state index in [4.69, 9.17) is 5.73 Å². The molecule has 0 aromatic heterocycles. The number of rotatable bonds is 5. The molecule has 0 spiro atoms. The minimum absolute atomic E-state index is 0.0341. The first-order valence-corrected chi connectivity index (χ1v) is 7.01. The van der Waals surface area contributed by atoms with Crippen molar-refractivity contribution < 1.29 is 4.79 Å². The topological polar surface area (TPSA) is 55.1 Å². The second-order valence-corrected chi connectivity index (χ2v) is 5.94. The number of hydrogen-bond donors (Lipinski definition) is 2. The molecule has 4 heteroatoms. The lowest BCUT2D eigenvalue weighted by molar-refractivity contribution is -0.123. The molecule has 100 valence electrons. The molecule has 0 aliphatic carbocycles. The maximum absolute atomic E-state index is 11.9. The predicted octanol–water partition coefficient (Wildman–Crippen LogP) is 3.00. The molecule has 3 nitrogen and oxygen atoms in total. The van der Waals surface area contributed by atoms with Gasteiger partial charge in [0, 0.05) is 4.47 Å². The number of hydrogen-bond acceptors (Lipinski definition) is 2. The fraction of sp³-hybridized carbons (Fsp3) is 0.500. The second kappa shape index (κ2) is 6.90. The van der Waals surface area contributed by atoms with Gasteiger partial charge in [-0.3, -0.25) is 4.79 Å². The monoisotopic (exact) mass is 312 g/mol.